The highest BCUT2D eigenvalue weighted by Crippen LogP contribution is 2.40. The van der Waals surface area contributed by atoms with Crippen molar-refractivity contribution in [3.63, 3.8) is 0 Å². The summed E-state index contributed by atoms with van der Waals surface area (Å²) in [6, 6.07) is 7.31. The number of hydrogen-bond donors (Lipinski definition) is 0. The lowest BCUT2D eigenvalue weighted by Crippen LogP contribution is -2.18. The molecule has 1 aromatic carbocycles. The van der Waals surface area contributed by atoms with Crippen molar-refractivity contribution in [1.29, 1.82) is 0 Å². The number of carbonyl (C=O) groups is 1. The Morgan fingerprint density at radius 2 is 2.08 bits per heavy atom. The minimum atomic E-state index is -0.321. The third-order valence-corrected chi connectivity index (χ3v) is 4.51. The first-order valence-corrected chi connectivity index (χ1v) is 8.60. The van der Waals surface area contributed by atoms with Crippen LogP contribution in [0.25, 0.3) is 0 Å². The van der Waals surface area contributed by atoms with Gasteiger partial charge in [-0.3, -0.25) is 0 Å². The minimum absolute atomic E-state index is 0.212. The largest absolute Gasteiger partial charge is 0.462 e. The van der Waals surface area contributed by atoms with Gasteiger partial charge in [0.25, 0.3) is 0 Å². The lowest BCUT2D eigenvalue weighted by atomic mass is 9.73. The van der Waals surface area contributed by atoms with E-state index in [-0.39, 0.29) is 11.4 Å². The summed E-state index contributed by atoms with van der Waals surface area (Å²) in [6.45, 7) is 8.96. The summed E-state index contributed by atoms with van der Waals surface area (Å²) in [4.78, 5) is 12.0. The van der Waals surface area contributed by atoms with E-state index in [1.807, 2.05) is 24.3 Å². The predicted octanol–water partition coefficient (Wildman–Crippen LogP) is 5.30. The minimum Gasteiger partial charge on any atom is -0.462 e. The van der Waals surface area contributed by atoms with Gasteiger partial charge in [-0.2, -0.15) is 0 Å². The van der Waals surface area contributed by atoms with Crippen LogP contribution in [-0.4, -0.2) is 12.6 Å². The Bertz CT molecular complexity index is 724. The molecule has 0 fully saturated rings. The Hall–Kier alpha value is -2.27. The van der Waals surface area contributed by atoms with E-state index in [1.165, 1.54) is 30.4 Å². The molecule has 0 unspecified atom stereocenters. The van der Waals surface area contributed by atoms with E-state index in [0.717, 1.165) is 0 Å². The zero-order chi connectivity index (χ0) is 17.6. The lowest BCUT2D eigenvalue weighted by Gasteiger charge is -2.32. The Labute approximate surface area is 145 Å². The van der Waals surface area contributed by atoms with Crippen LogP contribution >= 0.6 is 0 Å². The maximum Gasteiger partial charge on any atom is 0.339 e. The van der Waals surface area contributed by atoms with Crippen LogP contribution in [0, 0.1) is 17.3 Å². The standard InChI is InChI=1S/C22H26O2/c1-5-24-21(23)19-14-8-6-12-18(19)13-7-9-15-20-17(2)11-10-16-22(20,3)4/h6,8-9,12,14-15H,5,10-11,16H2,1-4H3. The van der Waals surface area contributed by atoms with E-state index in [4.69, 9.17) is 4.74 Å². The van der Waals surface area contributed by atoms with E-state index >= 15 is 0 Å². The van der Waals surface area contributed by atoms with Crippen molar-refractivity contribution in [2.75, 3.05) is 6.61 Å². The average molecular weight is 322 g/mol. The van der Waals surface area contributed by atoms with Gasteiger partial charge in [0.1, 0.15) is 0 Å². The second kappa shape index (κ2) is 8.02. The Morgan fingerprint density at radius 3 is 2.79 bits per heavy atom. The quantitative estimate of drug-likeness (QED) is 0.558. The number of hydrogen-bond acceptors (Lipinski definition) is 2. The molecule has 1 aromatic rings. The molecule has 24 heavy (non-hydrogen) atoms. The van der Waals surface area contributed by atoms with Gasteiger partial charge in [0.05, 0.1) is 12.2 Å². The molecule has 2 rings (SSSR count). The molecule has 1 aliphatic rings. The Kier molecular flexibility index (Phi) is 6.04. The van der Waals surface area contributed by atoms with Gasteiger partial charge in [-0.15, -0.1) is 0 Å². The number of esters is 1. The second-order valence-electron chi connectivity index (χ2n) is 6.80. The summed E-state index contributed by atoms with van der Waals surface area (Å²) in [5.41, 5.74) is 4.28. The highest BCUT2D eigenvalue weighted by Gasteiger charge is 2.26. The van der Waals surface area contributed by atoms with Crippen LogP contribution in [0.1, 0.15) is 62.9 Å². The van der Waals surface area contributed by atoms with Gasteiger partial charge >= 0.3 is 5.97 Å². The molecule has 1 aliphatic carbocycles. The van der Waals surface area contributed by atoms with Crippen LogP contribution in [-0.2, 0) is 4.74 Å². The predicted molar refractivity (Wildman–Crippen MR) is 98.7 cm³/mol. The zero-order valence-corrected chi connectivity index (χ0v) is 15.1. The molecule has 0 bridgehead atoms. The molecule has 0 radical (unpaired) electrons. The van der Waals surface area contributed by atoms with Crippen LogP contribution in [0.4, 0.5) is 0 Å². The SMILES string of the molecule is CCOC(=O)c1ccccc1C#CC=CC1=C(C)CCCC1(C)C. The topological polar surface area (TPSA) is 26.3 Å². The molecule has 0 saturated heterocycles. The van der Waals surface area contributed by atoms with E-state index in [0.29, 0.717) is 17.7 Å². The van der Waals surface area contributed by atoms with Gasteiger partial charge in [-0.1, -0.05) is 49.5 Å². The average Bonchev–Trinajstić information content (AvgIpc) is 2.54. The second-order valence-corrected chi connectivity index (χ2v) is 6.80. The van der Waals surface area contributed by atoms with Crippen molar-refractivity contribution >= 4 is 5.97 Å². The number of benzene rings is 1. The summed E-state index contributed by atoms with van der Waals surface area (Å²) >= 11 is 0. The molecule has 2 heteroatoms. The fourth-order valence-corrected chi connectivity index (χ4v) is 3.23. The molecule has 0 amide bonds. The van der Waals surface area contributed by atoms with Gasteiger partial charge in [0.2, 0.25) is 0 Å². The van der Waals surface area contributed by atoms with Crippen LogP contribution < -0.4 is 0 Å². The maximum atomic E-state index is 12.0. The molecule has 0 aliphatic heterocycles. The molecule has 0 heterocycles. The van der Waals surface area contributed by atoms with E-state index in [1.54, 1.807) is 13.0 Å². The molecule has 0 atom stereocenters. The van der Waals surface area contributed by atoms with Gasteiger partial charge in [0, 0.05) is 5.56 Å². The first kappa shape index (κ1) is 18.1. The van der Waals surface area contributed by atoms with Gasteiger partial charge < -0.3 is 4.74 Å². The van der Waals surface area contributed by atoms with Crippen LogP contribution in [0.15, 0.2) is 47.6 Å². The highest BCUT2D eigenvalue weighted by molar-refractivity contribution is 5.92. The smallest absolute Gasteiger partial charge is 0.339 e. The third kappa shape index (κ3) is 4.38. The summed E-state index contributed by atoms with van der Waals surface area (Å²) in [7, 11) is 0. The molecule has 0 saturated carbocycles. The van der Waals surface area contributed by atoms with E-state index in [9.17, 15) is 4.79 Å². The summed E-state index contributed by atoms with van der Waals surface area (Å²) in [6.07, 6.45) is 7.67. The third-order valence-electron chi connectivity index (χ3n) is 4.51. The monoisotopic (exact) mass is 322 g/mol. The Balaban J connectivity index is 2.21. The normalized spacial score (nSPS) is 16.7. The van der Waals surface area contributed by atoms with Crippen molar-refractivity contribution < 1.29 is 9.53 Å². The summed E-state index contributed by atoms with van der Waals surface area (Å²) in [5.74, 6) is 5.83. The van der Waals surface area contributed by atoms with E-state index in [2.05, 4.69) is 38.7 Å². The van der Waals surface area contributed by atoms with Gasteiger partial charge in [-0.25, -0.2) is 4.79 Å². The number of carbonyl (C=O) groups excluding carboxylic acids is 1. The van der Waals surface area contributed by atoms with Crippen LogP contribution in [0.3, 0.4) is 0 Å². The molecule has 0 spiro atoms. The van der Waals surface area contributed by atoms with Crippen molar-refractivity contribution in [1.82, 2.24) is 0 Å². The first-order valence-electron chi connectivity index (χ1n) is 8.60. The zero-order valence-electron chi connectivity index (χ0n) is 15.1. The maximum absolute atomic E-state index is 12.0. The molecule has 126 valence electrons. The molecule has 2 nitrogen and oxygen atoms in total. The fourth-order valence-electron chi connectivity index (χ4n) is 3.23. The highest BCUT2D eigenvalue weighted by atomic mass is 16.5. The van der Waals surface area contributed by atoms with Crippen LogP contribution in [0.5, 0.6) is 0 Å². The van der Waals surface area contributed by atoms with Crippen molar-refractivity contribution in [2.45, 2.75) is 47.0 Å². The number of allylic oxidation sites excluding steroid dienone is 4. The first-order chi connectivity index (χ1) is 11.5. The van der Waals surface area contributed by atoms with E-state index < -0.39 is 0 Å². The van der Waals surface area contributed by atoms with Crippen molar-refractivity contribution in [2.24, 2.45) is 5.41 Å². The van der Waals surface area contributed by atoms with Crippen molar-refractivity contribution in [3.05, 3.63) is 58.7 Å². The summed E-state index contributed by atoms with van der Waals surface area (Å²) < 4.78 is 5.08. The molecule has 0 aromatic heterocycles. The van der Waals surface area contributed by atoms with Crippen molar-refractivity contribution in [3.8, 4) is 11.8 Å². The molecular formula is C22H26O2. The molecular weight excluding hydrogens is 296 g/mol. The lowest BCUT2D eigenvalue weighted by molar-refractivity contribution is 0.0526. The van der Waals surface area contributed by atoms with Gasteiger partial charge in [0.15, 0.2) is 0 Å². The Morgan fingerprint density at radius 1 is 1.33 bits per heavy atom. The number of ether oxygens (including phenoxy) is 1. The number of rotatable bonds is 3. The fraction of sp³-hybridized carbons (Fsp3) is 0.409. The summed E-state index contributed by atoms with van der Waals surface area (Å²) in [5, 5.41) is 0. The van der Waals surface area contributed by atoms with Crippen LogP contribution in [0.2, 0.25) is 0 Å². The molecule has 0 N–H and O–H groups in total. The van der Waals surface area contributed by atoms with Gasteiger partial charge in [-0.05, 0) is 62.3 Å².